The van der Waals surface area contributed by atoms with Crippen molar-refractivity contribution in [2.24, 2.45) is 11.8 Å². The Morgan fingerprint density at radius 2 is 1.95 bits per heavy atom. The number of nitrogens with two attached hydrogens (primary N) is 2. The van der Waals surface area contributed by atoms with E-state index in [9.17, 15) is 4.79 Å². The van der Waals surface area contributed by atoms with Gasteiger partial charge in [-0.05, 0) is 42.9 Å². The standard InChI is InChI=1S/C15H23N3O/c1-10-2-4-11(5-3-10)9-18-15(19)13-7-6-12(16)8-14(13)17/h6-8,10-11H,2-5,9,16-17H2,1H3,(H,18,19). The smallest absolute Gasteiger partial charge is 0.253 e. The molecule has 1 aliphatic rings. The van der Waals surface area contributed by atoms with Crippen molar-refractivity contribution in [3.05, 3.63) is 23.8 Å². The molecular formula is C15H23N3O. The van der Waals surface area contributed by atoms with Crippen LogP contribution in [0.4, 0.5) is 11.4 Å². The molecule has 0 heterocycles. The second-order valence-corrected chi connectivity index (χ2v) is 5.68. The van der Waals surface area contributed by atoms with Crippen molar-refractivity contribution >= 4 is 17.3 Å². The molecule has 1 fully saturated rings. The van der Waals surface area contributed by atoms with Gasteiger partial charge in [-0.1, -0.05) is 19.8 Å². The lowest BCUT2D eigenvalue weighted by Gasteiger charge is -2.26. The third-order valence-electron chi connectivity index (χ3n) is 4.01. The minimum Gasteiger partial charge on any atom is -0.399 e. The van der Waals surface area contributed by atoms with Crippen molar-refractivity contribution in [1.82, 2.24) is 5.32 Å². The number of hydrogen-bond acceptors (Lipinski definition) is 3. The van der Waals surface area contributed by atoms with Crippen LogP contribution in [0.25, 0.3) is 0 Å². The topological polar surface area (TPSA) is 81.1 Å². The average molecular weight is 261 g/mol. The first kappa shape index (κ1) is 13.7. The molecule has 1 aromatic rings. The predicted molar refractivity (Wildman–Crippen MR) is 78.7 cm³/mol. The van der Waals surface area contributed by atoms with E-state index < -0.39 is 0 Å². The van der Waals surface area contributed by atoms with Crippen molar-refractivity contribution in [2.45, 2.75) is 32.6 Å². The molecule has 0 radical (unpaired) electrons. The zero-order chi connectivity index (χ0) is 13.8. The minimum atomic E-state index is -0.101. The van der Waals surface area contributed by atoms with Crippen LogP contribution in [0.3, 0.4) is 0 Å². The van der Waals surface area contributed by atoms with Gasteiger partial charge in [0.2, 0.25) is 0 Å². The summed E-state index contributed by atoms with van der Waals surface area (Å²) in [6, 6.07) is 5.01. The van der Waals surface area contributed by atoms with E-state index in [4.69, 9.17) is 11.5 Å². The number of hydrogen-bond donors (Lipinski definition) is 3. The minimum absolute atomic E-state index is 0.101. The molecule has 1 amide bonds. The van der Waals surface area contributed by atoms with Gasteiger partial charge in [0.1, 0.15) is 0 Å². The summed E-state index contributed by atoms with van der Waals surface area (Å²) < 4.78 is 0. The van der Waals surface area contributed by atoms with Crippen molar-refractivity contribution in [1.29, 1.82) is 0 Å². The molecule has 0 unspecified atom stereocenters. The number of nitrogens with one attached hydrogen (secondary N) is 1. The monoisotopic (exact) mass is 261 g/mol. The fraction of sp³-hybridized carbons (Fsp3) is 0.533. The van der Waals surface area contributed by atoms with Crippen LogP contribution in [-0.2, 0) is 0 Å². The van der Waals surface area contributed by atoms with Gasteiger partial charge in [0.05, 0.1) is 5.56 Å². The van der Waals surface area contributed by atoms with E-state index in [2.05, 4.69) is 12.2 Å². The second-order valence-electron chi connectivity index (χ2n) is 5.68. The summed E-state index contributed by atoms with van der Waals surface area (Å²) in [5.74, 6) is 1.34. The zero-order valence-corrected chi connectivity index (χ0v) is 11.5. The first-order valence-electron chi connectivity index (χ1n) is 6.99. The number of rotatable bonds is 3. The Morgan fingerprint density at radius 1 is 1.26 bits per heavy atom. The third-order valence-corrected chi connectivity index (χ3v) is 4.01. The molecule has 5 N–H and O–H groups in total. The summed E-state index contributed by atoms with van der Waals surface area (Å²) in [6.45, 7) is 3.04. The Morgan fingerprint density at radius 3 is 2.58 bits per heavy atom. The lowest BCUT2D eigenvalue weighted by molar-refractivity contribution is 0.0943. The quantitative estimate of drug-likeness (QED) is 0.731. The number of anilines is 2. The van der Waals surface area contributed by atoms with Crippen molar-refractivity contribution in [3.8, 4) is 0 Å². The maximum atomic E-state index is 12.1. The highest BCUT2D eigenvalue weighted by Gasteiger charge is 2.19. The fourth-order valence-electron chi connectivity index (χ4n) is 2.65. The summed E-state index contributed by atoms with van der Waals surface area (Å²) in [4.78, 5) is 12.1. The number of benzene rings is 1. The number of nitrogen functional groups attached to an aromatic ring is 2. The SMILES string of the molecule is CC1CCC(CNC(=O)c2ccc(N)cc2N)CC1. The van der Waals surface area contributed by atoms with Gasteiger partial charge in [-0.2, -0.15) is 0 Å². The zero-order valence-electron chi connectivity index (χ0n) is 11.5. The molecule has 104 valence electrons. The molecule has 1 saturated carbocycles. The van der Waals surface area contributed by atoms with Crippen LogP contribution >= 0.6 is 0 Å². The van der Waals surface area contributed by atoms with Gasteiger partial charge in [-0.3, -0.25) is 4.79 Å². The normalized spacial score (nSPS) is 23.0. The maximum absolute atomic E-state index is 12.1. The lowest BCUT2D eigenvalue weighted by atomic mass is 9.83. The number of carbonyl (C=O) groups is 1. The summed E-state index contributed by atoms with van der Waals surface area (Å²) in [7, 11) is 0. The van der Waals surface area contributed by atoms with Crippen molar-refractivity contribution in [3.63, 3.8) is 0 Å². The molecule has 0 saturated heterocycles. The Hall–Kier alpha value is -1.71. The molecule has 2 rings (SSSR count). The molecule has 19 heavy (non-hydrogen) atoms. The first-order chi connectivity index (χ1) is 9.06. The highest BCUT2D eigenvalue weighted by atomic mass is 16.1. The van der Waals surface area contributed by atoms with Gasteiger partial charge in [-0.25, -0.2) is 0 Å². The van der Waals surface area contributed by atoms with E-state index in [0.717, 1.165) is 12.5 Å². The van der Waals surface area contributed by atoms with Crippen molar-refractivity contribution in [2.75, 3.05) is 18.0 Å². The van der Waals surface area contributed by atoms with Gasteiger partial charge in [-0.15, -0.1) is 0 Å². The van der Waals surface area contributed by atoms with Crippen LogP contribution in [-0.4, -0.2) is 12.5 Å². The average Bonchev–Trinajstić information content (AvgIpc) is 2.37. The summed E-state index contributed by atoms with van der Waals surface area (Å²) in [5.41, 5.74) is 13.0. The van der Waals surface area contributed by atoms with Crippen LogP contribution in [0, 0.1) is 11.8 Å². The van der Waals surface area contributed by atoms with E-state index in [1.807, 2.05) is 0 Å². The molecule has 1 aromatic carbocycles. The molecule has 0 aliphatic heterocycles. The highest BCUT2D eigenvalue weighted by Crippen LogP contribution is 2.27. The van der Waals surface area contributed by atoms with E-state index in [1.54, 1.807) is 18.2 Å². The van der Waals surface area contributed by atoms with Gasteiger partial charge >= 0.3 is 0 Å². The largest absolute Gasteiger partial charge is 0.399 e. The van der Waals surface area contributed by atoms with Gasteiger partial charge in [0.25, 0.3) is 5.91 Å². The number of amides is 1. The third kappa shape index (κ3) is 3.63. The van der Waals surface area contributed by atoms with E-state index in [0.29, 0.717) is 22.9 Å². The molecule has 0 bridgehead atoms. The maximum Gasteiger partial charge on any atom is 0.253 e. The lowest BCUT2D eigenvalue weighted by Crippen LogP contribution is -2.31. The molecule has 4 heteroatoms. The van der Waals surface area contributed by atoms with Gasteiger partial charge in [0.15, 0.2) is 0 Å². The molecule has 0 aromatic heterocycles. The summed E-state index contributed by atoms with van der Waals surface area (Å²) >= 11 is 0. The molecule has 0 atom stereocenters. The van der Waals surface area contributed by atoms with Crippen LogP contribution in [0.2, 0.25) is 0 Å². The van der Waals surface area contributed by atoms with E-state index in [-0.39, 0.29) is 5.91 Å². The Labute approximate surface area is 114 Å². The first-order valence-corrected chi connectivity index (χ1v) is 6.99. The highest BCUT2D eigenvalue weighted by molar-refractivity contribution is 5.99. The summed E-state index contributed by atoms with van der Waals surface area (Å²) in [6.07, 6.45) is 4.95. The summed E-state index contributed by atoms with van der Waals surface area (Å²) in [5, 5.41) is 2.98. The molecule has 1 aliphatic carbocycles. The Bertz CT molecular complexity index is 451. The van der Waals surface area contributed by atoms with Crippen LogP contribution in [0.15, 0.2) is 18.2 Å². The van der Waals surface area contributed by atoms with E-state index >= 15 is 0 Å². The predicted octanol–water partition coefficient (Wildman–Crippen LogP) is 2.41. The molecular weight excluding hydrogens is 238 g/mol. The molecule has 0 spiro atoms. The van der Waals surface area contributed by atoms with Gasteiger partial charge in [0, 0.05) is 17.9 Å². The van der Waals surface area contributed by atoms with Crippen LogP contribution in [0.1, 0.15) is 43.0 Å². The fourth-order valence-corrected chi connectivity index (χ4v) is 2.65. The van der Waals surface area contributed by atoms with Gasteiger partial charge < -0.3 is 16.8 Å². The Balaban J connectivity index is 1.87. The number of carbonyl (C=O) groups excluding carboxylic acids is 1. The van der Waals surface area contributed by atoms with E-state index in [1.165, 1.54) is 25.7 Å². The molecule has 4 nitrogen and oxygen atoms in total. The van der Waals surface area contributed by atoms with Crippen LogP contribution < -0.4 is 16.8 Å². The Kier molecular flexibility index (Phi) is 4.30. The van der Waals surface area contributed by atoms with Crippen molar-refractivity contribution < 1.29 is 4.79 Å². The second kappa shape index (κ2) is 5.95. The van der Waals surface area contributed by atoms with Crippen LogP contribution in [0.5, 0.6) is 0 Å².